The van der Waals surface area contributed by atoms with Crippen molar-refractivity contribution in [1.29, 1.82) is 0 Å². The minimum atomic E-state index is -1.51. The number of benzene rings is 2. The molecule has 13 heteroatoms. The number of nitrogens with two attached hydrogens (primary N) is 3. The Morgan fingerprint density at radius 1 is 0.767 bits per heavy atom. The molecule has 2 aromatic rings. The number of ketones is 1. The van der Waals surface area contributed by atoms with Gasteiger partial charge in [0.15, 0.2) is 5.96 Å². The average Bonchev–Trinajstić information content (AvgIpc) is 2.98. The Kier molecular flexibility index (Phi) is 14.3. The van der Waals surface area contributed by atoms with E-state index in [2.05, 4.69) is 20.9 Å². The van der Waals surface area contributed by atoms with Crippen LogP contribution in [-0.4, -0.2) is 71.3 Å². The zero-order valence-corrected chi connectivity index (χ0v) is 24.2. The van der Waals surface area contributed by atoms with Gasteiger partial charge in [-0.2, -0.15) is 0 Å². The number of Topliss-reactive ketones (excluding diaryl/α,β-unsaturated/α-hetero) is 1. The van der Waals surface area contributed by atoms with E-state index in [0.717, 1.165) is 11.1 Å². The van der Waals surface area contributed by atoms with E-state index in [4.69, 9.17) is 17.2 Å². The van der Waals surface area contributed by atoms with Crippen LogP contribution in [0.3, 0.4) is 0 Å². The third kappa shape index (κ3) is 12.7. The van der Waals surface area contributed by atoms with Gasteiger partial charge in [0.1, 0.15) is 12.1 Å². The van der Waals surface area contributed by atoms with Gasteiger partial charge in [-0.1, -0.05) is 60.7 Å². The number of primary amides is 1. The third-order valence-corrected chi connectivity index (χ3v) is 6.58. The molecule has 0 fully saturated rings. The molecule has 0 unspecified atom stereocenters. The van der Waals surface area contributed by atoms with Crippen LogP contribution in [0.25, 0.3) is 0 Å². The lowest BCUT2D eigenvalue weighted by Crippen LogP contribution is -2.59. The predicted octanol–water partition coefficient (Wildman–Crippen LogP) is -0.805. The maximum atomic E-state index is 13.4. The molecule has 0 aliphatic heterocycles. The number of carbonyl (C=O) groups is 5. The zero-order valence-electron chi connectivity index (χ0n) is 24.2. The fourth-order valence-electron chi connectivity index (χ4n) is 4.26. The van der Waals surface area contributed by atoms with Crippen LogP contribution in [0.5, 0.6) is 0 Å². The Morgan fingerprint density at radius 3 is 1.88 bits per heavy atom. The second kappa shape index (κ2) is 17.9. The van der Waals surface area contributed by atoms with Crippen molar-refractivity contribution in [2.45, 2.75) is 69.7 Å². The summed E-state index contributed by atoms with van der Waals surface area (Å²) in [5, 5.41) is 18.0. The molecule has 13 nitrogen and oxygen atoms in total. The molecule has 2 aromatic carbocycles. The van der Waals surface area contributed by atoms with Crippen LogP contribution in [0.4, 0.5) is 0 Å². The van der Waals surface area contributed by atoms with Crippen LogP contribution < -0.4 is 33.2 Å². The average molecular weight is 596 g/mol. The molecule has 0 aromatic heterocycles. The first-order valence-electron chi connectivity index (χ1n) is 14.0. The summed E-state index contributed by atoms with van der Waals surface area (Å²) in [5.41, 5.74) is 17.6. The topological polar surface area (TPSA) is 232 Å². The second-order valence-corrected chi connectivity index (χ2v) is 10.1. The van der Waals surface area contributed by atoms with Crippen LogP contribution in [0, 0.1) is 0 Å². The van der Waals surface area contributed by atoms with Gasteiger partial charge in [-0.25, -0.2) is 0 Å². The first-order valence-corrected chi connectivity index (χ1v) is 14.0. The summed E-state index contributed by atoms with van der Waals surface area (Å²) in [6.45, 7) is 1.41. The maximum absolute atomic E-state index is 13.4. The van der Waals surface area contributed by atoms with Crippen molar-refractivity contribution >= 4 is 35.4 Å². The van der Waals surface area contributed by atoms with Crippen LogP contribution in [0.2, 0.25) is 0 Å². The van der Waals surface area contributed by atoms with Crippen molar-refractivity contribution in [3.8, 4) is 0 Å². The molecule has 0 saturated heterocycles. The quantitative estimate of drug-likeness (QED) is 0.0497. The van der Waals surface area contributed by atoms with Gasteiger partial charge in [0.25, 0.3) is 5.91 Å². The summed E-state index contributed by atoms with van der Waals surface area (Å²) in [7, 11) is 0. The summed E-state index contributed by atoms with van der Waals surface area (Å²) >= 11 is 0. The number of carbonyl (C=O) groups excluding carboxylic acids is 5. The number of rotatable bonds is 18. The number of nitrogens with one attached hydrogen (secondary N) is 3. The fraction of sp³-hybridized carbons (Fsp3) is 0.400. The minimum absolute atomic E-state index is 0.0259. The molecule has 232 valence electrons. The van der Waals surface area contributed by atoms with E-state index in [1.54, 1.807) is 0 Å². The van der Waals surface area contributed by atoms with E-state index in [1.165, 1.54) is 6.92 Å². The van der Waals surface area contributed by atoms with E-state index < -0.39 is 47.7 Å². The molecule has 0 radical (unpaired) electrons. The van der Waals surface area contributed by atoms with Crippen molar-refractivity contribution < 1.29 is 29.1 Å². The molecule has 0 bridgehead atoms. The Balaban J connectivity index is 2.14. The molecular formula is C30H41N7O6. The third-order valence-electron chi connectivity index (χ3n) is 6.58. The molecule has 4 atom stereocenters. The lowest BCUT2D eigenvalue weighted by Gasteiger charge is -2.26. The molecule has 0 spiro atoms. The summed E-state index contributed by atoms with van der Waals surface area (Å²) < 4.78 is 0. The molecule has 43 heavy (non-hydrogen) atoms. The highest BCUT2D eigenvalue weighted by Crippen LogP contribution is 2.09. The van der Waals surface area contributed by atoms with Gasteiger partial charge in [0.2, 0.25) is 23.5 Å². The lowest BCUT2D eigenvalue weighted by atomic mass is 10.0. The number of hydrogen-bond acceptors (Lipinski definition) is 7. The Labute approximate surface area is 250 Å². The Morgan fingerprint density at radius 2 is 1.35 bits per heavy atom. The number of aliphatic hydroxyl groups is 1. The standard InChI is InChI=1S/C30H41N7O6/c1-19(38)25(29(43)36-22(26(40)27(31)41)13-8-18-34-30(32)33)37-28(42)23(16-14-20-9-4-2-5-10-20)35-24(39)17-15-21-11-6-3-7-12-21/h2-7,9-12,19,22-23,25,38H,8,13-18H2,1H3,(H2,31,41)(H,35,39)(H,36,43)(H,37,42)(H4,32,33,34)/t19-,22+,23+,25+/m1/s1. The highest BCUT2D eigenvalue weighted by atomic mass is 16.3. The molecule has 0 aliphatic carbocycles. The van der Waals surface area contributed by atoms with Gasteiger partial charge in [0.05, 0.1) is 12.1 Å². The summed E-state index contributed by atoms with van der Waals surface area (Å²) in [5.74, 6) is -4.45. The van der Waals surface area contributed by atoms with Crippen molar-refractivity contribution in [1.82, 2.24) is 16.0 Å². The molecule has 4 amide bonds. The largest absolute Gasteiger partial charge is 0.391 e. The molecule has 0 aliphatic rings. The van der Waals surface area contributed by atoms with Gasteiger partial charge in [-0.3, -0.25) is 29.0 Å². The van der Waals surface area contributed by atoms with E-state index in [0.29, 0.717) is 12.8 Å². The number of aryl methyl sites for hydroxylation is 2. The van der Waals surface area contributed by atoms with Gasteiger partial charge in [-0.05, 0) is 50.2 Å². The summed E-state index contributed by atoms with van der Waals surface area (Å²) in [4.78, 5) is 67.1. The molecule has 0 heterocycles. The monoisotopic (exact) mass is 595 g/mol. The highest BCUT2D eigenvalue weighted by molar-refractivity contribution is 6.37. The van der Waals surface area contributed by atoms with Gasteiger partial charge >= 0.3 is 0 Å². The van der Waals surface area contributed by atoms with Crippen molar-refractivity contribution in [2.75, 3.05) is 6.54 Å². The highest BCUT2D eigenvalue weighted by Gasteiger charge is 2.33. The predicted molar refractivity (Wildman–Crippen MR) is 161 cm³/mol. The fourth-order valence-corrected chi connectivity index (χ4v) is 4.26. The van der Waals surface area contributed by atoms with Crippen LogP contribution >= 0.6 is 0 Å². The van der Waals surface area contributed by atoms with Gasteiger partial charge in [0, 0.05) is 13.0 Å². The number of aliphatic hydroxyl groups excluding tert-OH is 1. The van der Waals surface area contributed by atoms with E-state index in [1.807, 2.05) is 60.7 Å². The smallest absolute Gasteiger partial charge is 0.287 e. The summed E-state index contributed by atoms with van der Waals surface area (Å²) in [6.07, 6.45) is 0.0841. The normalized spacial score (nSPS) is 13.4. The second-order valence-electron chi connectivity index (χ2n) is 10.1. The van der Waals surface area contributed by atoms with Gasteiger partial charge < -0.3 is 38.3 Å². The van der Waals surface area contributed by atoms with E-state index >= 15 is 0 Å². The Bertz CT molecular complexity index is 1250. The van der Waals surface area contributed by atoms with Crippen LogP contribution in [0.1, 0.15) is 43.7 Å². The van der Waals surface area contributed by atoms with E-state index in [9.17, 15) is 29.1 Å². The number of hydrogen-bond donors (Lipinski definition) is 7. The number of amides is 4. The number of nitrogens with zero attached hydrogens (tertiary/aromatic N) is 1. The van der Waals surface area contributed by atoms with Crippen LogP contribution in [-0.2, 0) is 36.8 Å². The number of guanidine groups is 1. The molecular weight excluding hydrogens is 554 g/mol. The van der Waals surface area contributed by atoms with Gasteiger partial charge in [-0.15, -0.1) is 0 Å². The SMILES string of the molecule is C[C@@H](O)[C@H](NC(=O)[C@H](CCc1ccccc1)NC(=O)CCc1ccccc1)C(=O)N[C@@H](CCCN=C(N)N)C(=O)C(N)=O. The van der Waals surface area contributed by atoms with Crippen molar-refractivity contribution in [2.24, 2.45) is 22.2 Å². The number of aliphatic imine (C=N–C) groups is 1. The van der Waals surface area contributed by atoms with E-state index in [-0.39, 0.29) is 44.1 Å². The summed E-state index contributed by atoms with van der Waals surface area (Å²) in [6, 6.07) is 14.9. The van der Waals surface area contributed by atoms with Crippen molar-refractivity contribution in [3.63, 3.8) is 0 Å². The maximum Gasteiger partial charge on any atom is 0.287 e. The first kappa shape index (κ1) is 34.4. The lowest BCUT2D eigenvalue weighted by molar-refractivity contribution is -0.139. The minimum Gasteiger partial charge on any atom is -0.391 e. The van der Waals surface area contributed by atoms with Crippen LogP contribution in [0.15, 0.2) is 65.7 Å². The molecule has 0 saturated carbocycles. The molecule has 2 rings (SSSR count). The van der Waals surface area contributed by atoms with Crippen molar-refractivity contribution in [3.05, 3.63) is 71.8 Å². The Hall–Kier alpha value is -4.78. The first-order chi connectivity index (χ1) is 20.5. The molecule has 10 N–H and O–H groups in total. The zero-order chi connectivity index (χ0) is 31.8.